The van der Waals surface area contributed by atoms with Gasteiger partial charge < -0.3 is 9.64 Å². The highest BCUT2D eigenvalue weighted by molar-refractivity contribution is 5.27. The van der Waals surface area contributed by atoms with Crippen molar-refractivity contribution in [1.82, 2.24) is 4.90 Å². The first-order chi connectivity index (χ1) is 10.4. The molecule has 0 spiro atoms. The van der Waals surface area contributed by atoms with Crippen LogP contribution in [0.4, 0.5) is 17.6 Å². The molecule has 1 fully saturated rings. The smallest absolute Gasteiger partial charge is 0.378 e. The van der Waals surface area contributed by atoms with Crippen LogP contribution in [0.1, 0.15) is 36.8 Å². The fourth-order valence-electron chi connectivity index (χ4n) is 2.64. The highest BCUT2D eigenvalue weighted by Crippen LogP contribution is 2.30. The summed E-state index contributed by atoms with van der Waals surface area (Å²) in [7, 11) is 1.78. The minimum atomic E-state index is -4.45. The van der Waals surface area contributed by atoms with Crippen molar-refractivity contribution in [3.05, 3.63) is 35.1 Å². The lowest BCUT2D eigenvalue weighted by Gasteiger charge is -2.25. The van der Waals surface area contributed by atoms with Gasteiger partial charge in [0.1, 0.15) is 5.82 Å². The maximum absolute atomic E-state index is 13.7. The third-order valence-electron chi connectivity index (χ3n) is 3.92. The molecule has 0 radical (unpaired) electrons. The Morgan fingerprint density at radius 2 is 2.05 bits per heavy atom. The van der Waals surface area contributed by atoms with Crippen LogP contribution in [0.25, 0.3) is 0 Å². The van der Waals surface area contributed by atoms with Crippen LogP contribution in [-0.4, -0.2) is 31.2 Å². The Bertz CT molecular complexity index is 484. The van der Waals surface area contributed by atoms with E-state index in [0.29, 0.717) is 6.54 Å². The normalized spacial score (nSPS) is 19.6. The van der Waals surface area contributed by atoms with Crippen molar-refractivity contribution in [1.29, 1.82) is 0 Å². The van der Waals surface area contributed by atoms with Gasteiger partial charge in [-0.1, -0.05) is 0 Å². The van der Waals surface area contributed by atoms with Gasteiger partial charge in [-0.15, -0.1) is 0 Å². The zero-order chi connectivity index (χ0) is 16.2. The largest absolute Gasteiger partial charge is 0.416 e. The Kier molecular flexibility index (Phi) is 5.81. The van der Waals surface area contributed by atoms with Crippen LogP contribution in [0.5, 0.6) is 0 Å². The van der Waals surface area contributed by atoms with Gasteiger partial charge in [0.25, 0.3) is 0 Å². The second-order valence-corrected chi connectivity index (χ2v) is 5.82. The molecule has 124 valence electrons. The summed E-state index contributed by atoms with van der Waals surface area (Å²) in [6.45, 7) is 1.60. The summed E-state index contributed by atoms with van der Waals surface area (Å²) in [4.78, 5) is 1.83. The van der Waals surface area contributed by atoms with Crippen molar-refractivity contribution in [2.75, 3.05) is 20.2 Å². The van der Waals surface area contributed by atoms with E-state index in [0.717, 1.165) is 50.5 Å². The Balaban J connectivity index is 1.91. The quantitative estimate of drug-likeness (QED) is 0.753. The highest BCUT2D eigenvalue weighted by Gasteiger charge is 2.31. The van der Waals surface area contributed by atoms with Gasteiger partial charge in [-0.25, -0.2) is 4.39 Å². The minimum absolute atomic E-state index is 0.0712. The minimum Gasteiger partial charge on any atom is -0.378 e. The SMILES string of the molecule is CN(CCC1CCCCO1)Cc1cc(C(F)(F)F)ccc1F. The van der Waals surface area contributed by atoms with Crippen LogP contribution >= 0.6 is 0 Å². The lowest BCUT2D eigenvalue weighted by molar-refractivity contribution is -0.137. The maximum Gasteiger partial charge on any atom is 0.416 e. The van der Waals surface area contributed by atoms with E-state index in [4.69, 9.17) is 4.74 Å². The van der Waals surface area contributed by atoms with Crippen molar-refractivity contribution in [2.24, 2.45) is 0 Å². The van der Waals surface area contributed by atoms with E-state index >= 15 is 0 Å². The van der Waals surface area contributed by atoms with Crippen LogP contribution in [-0.2, 0) is 17.5 Å². The molecule has 1 aliphatic heterocycles. The van der Waals surface area contributed by atoms with Gasteiger partial charge in [0.15, 0.2) is 0 Å². The second kappa shape index (κ2) is 7.42. The summed E-state index contributed by atoms with van der Waals surface area (Å²) < 4.78 is 57.3. The van der Waals surface area contributed by atoms with E-state index < -0.39 is 17.6 Å². The number of halogens is 4. The summed E-state index contributed by atoms with van der Waals surface area (Å²) in [5.41, 5.74) is -0.741. The van der Waals surface area contributed by atoms with E-state index in [-0.39, 0.29) is 18.2 Å². The second-order valence-electron chi connectivity index (χ2n) is 5.82. The average molecular weight is 319 g/mol. The third kappa shape index (κ3) is 4.95. The lowest BCUT2D eigenvalue weighted by Crippen LogP contribution is -2.27. The molecule has 0 saturated carbocycles. The first-order valence-electron chi connectivity index (χ1n) is 7.52. The molecule has 1 aromatic rings. The number of hydrogen-bond donors (Lipinski definition) is 0. The molecular formula is C16H21F4NO. The fourth-order valence-corrected chi connectivity index (χ4v) is 2.64. The Hall–Kier alpha value is -1.14. The predicted octanol–water partition coefficient (Wildman–Crippen LogP) is 4.24. The maximum atomic E-state index is 13.7. The molecule has 1 aliphatic rings. The van der Waals surface area contributed by atoms with E-state index in [1.165, 1.54) is 0 Å². The summed E-state index contributed by atoms with van der Waals surface area (Å²) in [5, 5.41) is 0. The molecule has 1 atom stereocenters. The van der Waals surface area contributed by atoms with Gasteiger partial charge in [0, 0.05) is 25.3 Å². The van der Waals surface area contributed by atoms with E-state index in [1.807, 2.05) is 4.90 Å². The lowest BCUT2D eigenvalue weighted by atomic mass is 10.1. The molecule has 0 aliphatic carbocycles. The third-order valence-corrected chi connectivity index (χ3v) is 3.92. The number of rotatable bonds is 5. The summed E-state index contributed by atoms with van der Waals surface area (Å²) in [6.07, 6.45) is -0.166. The first kappa shape index (κ1) is 17.2. The topological polar surface area (TPSA) is 12.5 Å². The predicted molar refractivity (Wildman–Crippen MR) is 75.9 cm³/mol. The molecule has 6 heteroatoms. The van der Waals surface area contributed by atoms with Crippen molar-refractivity contribution < 1.29 is 22.3 Å². The van der Waals surface area contributed by atoms with Crippen LogP contribution in [0.2, 0.25) is 0 Å². The van der Waals surface area contributed by atoms with Gasteiger partial charge in [-0.2, -0.15) is 13.2 Å². The van der Waals surface area contributed by atoms with Crippen molar-refractivity contribution in [3.8, 4) is 0 Å². The molecule has 1 saturated heterocycles. The van der Waals surface area contributed by atoms with Crippen molar-refractivity contribution in [2.45, 2.75) is 44.5 Å². The molecule has 0 bridgehead atoms. The van der Waals surface area contributed by atoms with Gasteiger partial charge in [-0.05, 0) is 50.9 Å². The zero-order valence-electron chi connectivity index (χ0n) is 12.6. The molecule has 0 aromatic heterocycles. The van der Waals surface area contributed by atoms with Crippen molar-refractivity contribution >= 4 is 0 Å². The van der Waals surface area contributed by atoms with Gasteiger partial charge in [0.05, 0.1) is 11.7 Å². The van der Waals surface area contributed by atoms with E-state index in [9.17, 15) is 17.6 Å². The Morgan fingerprint density at radius 3 is 2.68 bits per heavy atom. The summed E-state index contributed by atoms with van der Waals surface area (Å²) in [5.74, 6) is -0.603. The summed E-state index contributed by atoms with van der Waals surface area (Å²) in [6, 6.07) is 2.55. The Morgan fingerprint density at radius 1 is 1.27 bits per heavy atom. The number of hydrogen-bond acceptors (Lipinski definition) is 2. The van der Waals surface area contributed by atoms with Crippen LogP contribution in [0.3, 0.4) is 0 Å². The molecule has 1 unspecified atom stereocenters. The fraction of sp³-hybridized carbons (Fsp3) is 0.625. The monoisotopic (exact) mass is 319 g/mol. The molecule has 2 nitrogen and oxygen atoms in total. The van der Waals surface area contributed by atoms with E-state index in [1.54, 1.807) is 7.05 Å². The highest BCUT2D eigenvalue weighted by atomic mass is 19.4. The average Bonchev–Trinajstić information content (AvgIpc) is 2.47. The first-order valence-corrected chi connectivity index (χ1v) is 7.52. The van der Waals surface area contributed by atoms with Crippen LogP contribution in [0.15, 0.2) is 18.2 Å². The molecule has 22 heavy (non-hydrogen) atoms. The standard InChI is InChI=1S/C16H21F4NO/c1-21(8-7-14-4-2-3-9-22-14)11-12-10-13(16(18,19)20)5-6-15(12)17/h5-6,10,14H,2-4,7-9,11H2,1H3. The Labute approximate surface area is 128 Å². The van der Waals surface area contributed by atoms with Crippen LogP contribution in [0, 0.1) is 5.82 Å². The molecule has 0 amide bonds. The molecule has 0 N–H and O–H groups in total. The molecule has 1 aromatic carbocycles. The summed E-state index contributed by atoms with van der Waals surface area (Å²) >= 11 is 0. The number of nitrogens with zero attached hydrogens (tertiary/aromatic N) is 1. The molecule has 1 heterocycles. The van der Waals surface area contributed by atoms with E-state index in [2.05, 4.69) is 0 Å². The number of ether oxygens (including phenoxy) is 1. The molecular weight excluding hydrogens is 298 g/mol. The number of alkyl halides is 3. The van der Waals surface area contributed by atoms with Gasteiger partial charge in [0.2, 0.25) is 0 Å². The van der Waals surface area contributed by atoms with Crippen molar-refractivity contribution in [3.63, 3.8) is 0 Å². The van der Waals surface area contributed by atoms with Crippen LogP contribution < -0.4 is 0 Å². The van der Waals surface area contributed by atoms with Gasteiger partial charge in [-0.3, -0.25) is 0 Å². The number of benzene rings is 1. The zero-order valence-corrected chi connectivity index (χ0v) is 12.6. The molecule has 2 rings (SSSR count). The van der Waals surface area contributed by atoms with Gasteiger partial charge >= 0.3 is 6.18 Å².